The van der Waals surface area contributed by atoms with Crippen molar-refractivity contribution in [3.63, 3.8) is 0 Å². The molecule has 0 radical (unpaired) electrons. The van der Waals surface area contributed by atoms with Crippen LogP contribution in [0.1, 0.15) is 5.56 Å². The van der Waals surface area contributed by atoms with Gasteiger partial charge in [-0.25, -0.2) is 9.48 Å². The highest BCUT2D eigenvalue weighted by molar-refractivity contribution is 6.32. The van der Waals surface area contributed by atoms with E-state index in [2.05, 4.69) is 10.4 Å². The van der Waals surface area contributed by atoms with Crippen LogP contribution in [0.25, 0.3) is 16.9 Å². The summed E-state index contributed by atoms with van der Waals surface area (Å²) in [5.41, 5.74) is 2.89. The number of halogens is 2. The third-order valence-electron chi connectivity index (χ3n) is 4.68. The Morgan fingerprint density at radius 3 is 2.34 bits per heavy atom. The normalized spacial score (nSPS) is 10.6. The van der Waals surface area contributed by atoms with Gasteiger partial charge in [-0.05, 0) is 29.8 Å². The number of methoxy groups -OCH3 is 1. The molecule has 32 heavy (non-hydrogen) atoms. The van der Waals surface area contributed by atoms with Crippen LogP contribution in [0.5, 0.6) is 5.75 Å². The van der Waals surface area contributed by atoms with Crippen molar-refractivity contribution < 1.29 is 14.3 Å². The Hall–Kier alpha value is -3.48. The van der Waals surface area contributed by atoms with Crippen molar-refractivity contribution in [1.29, 1.82) is 0 Å². The maximum atomic E-state index is 12.5. The molecule has 4 aromatic rings. The number of benzene rings is 3. The van der Waals surface area contributed by atoms with Gasteiger partial charge in [-0.2, -0.15) is 0 Å². The summed E-state index contributed by atoms with van der Waals surface area (Å²) in [4.78, 5) is 12.5. The second-order valence-electron chi connectivity index (χ2n) is 6.79. The molecule has 0 fully saturated rings. The molecule has 1 heterocycles. The zero-order chi connectivity index (χ0) is 22.5. The van der Waals surface area contributed by atoms with Gasteiger partial charge >= 0.3 is 6.09 Å². The van der Waals surface area contributed by atoms with Crippen LogP contribution in [0.15, 0.2) is 78.9 Å². The summed E-state index contributed by atoms with van der Waals surface area (Å²) in [6.07, 6.45) is -0.654. The molecule has 0 saturated carbocycles. The Balaban J connectivity index is 1.71. The number of ether oxygens (including phenoxy) is 2. The summed E-state index contributed by atoms with van der Waals surface area (Å²) in [7, 11) is 1.51. The first-order valence-corrected chi connectivity index (χ1v) is 10.5. The smallest absolute Gasteiger partial charge is 0.413 e. The van der Waals surface area contributed by atoms with Gasteiger partial charge < -0.3 is 9.47 Å². The quantitative estimate of drug-likeness (QED) is 0.346. The monoisotopic (exact) mass is 467 g/mol. The van der Waals surface area contributed by atoms with E-state index in [1.54, 1.807) is 22.9 Å². The lowest BCUT2D eigenvalue weighted by Gasteiger charge is -2.10. The van der Waals surface area contributed by atoms with Gasteiger partial charge in [0, 0.05) is 10.6 Å². The highest BCUT2D eigenvalue weighted by Gasteiger charge is 2.24. The summed E-state index contributed by atoms with van der Waals surface area (Å²) in [6.45, 7) is 0.129. The fourth-order valence-electron chi connectivity index (χ4n) is 3.19. The number of amides is 1. The van der Waals surface area contributed by atoms with E-state index < -0.39 is 6.09 Å². The summed E-state index contributed by atoms with van der Waals surface area (Å²) < 4.78 is 12.6. The van der Waals surface area contributed by atoms with Crippen molar-refractivity contribution in [2.45, 2.75) is 6.61 Å². The maximum absolute atomic E-state index is 12.5. The standard InChI is InChI=1S/C24H19Cl2N3O3/c1-31-22-21(17-11-13-18(25)14-12-17)29(20-10-6-5-9-19(20)26)28-23(22)27-24(30)32-15-16-7-3-2-4-8-16/h2-14H,15H2,1H3,(H,27,28,30). The molecular weight excluding hydrogens is 449 g/mol. The molecule has 162 valence electrons. The maximum Gasteiger partial charge on any atom is 0.413 e. The first kappa shape index (κ1) is 21.7. The van der Waals surface area contributed by atoms with Gasteiger partial charge in [0.2, 0.25) is 5.82 Å². The van der Waals surface area contributed by atoms with Crippen molar-refractivity contribution in [2.75, 3.05) is 12.4 Å². The van der Waals surface area contributed by atoms with E-state index in [4.69, 9.17) is 32.7 Å². The SMILES string of the molecule is COc1c(NC(=O)OCc2ccccc2)nn(-c2ccccc2Cl)c1-c1ccc(Cl)cc1. The Labute approximate surface area is 195 Å². The molecule has 1 amide bonds. The van der Waals surface area contributed by atoms with Crippen LogP contribution in [0, 0.1) is 0 Å². The minimum Gasteiger partial charge on any atom is -0.491 e. The molecule has 0 saturated heterocycles. The van der Waals surface area contributed by atoms with Gasteiger partial charge in [0.05, 0.1) is 17.8 Å². The Morgan fingerprint density at radius 2 is 1.66 bits per heavy atom. The van der Waals surface area contributed by atoms with E-state index in [0.29, 0.717) is 27.2 Å². The van der Waals surface area contributed by atoms with E-state index in [0.717, 1.165) is 11.1 Å². The van der Waals surface area contributed by atoms with Gasteiger partial charge in [0.25, 0.3) is 0 Å². The molecule has 0 aliphatic rings. The number of carbonyl (C=O) groups is 1. The molecule has 6 nitrogen and oxygen atoms in total. The third kappa shape index (κ3) is 4.72. The average Bonchev–Trinajstić information content (AvgIpc) is 3.17. The van der Waals surface area contributed by atoms with Gasteiger partial charge in [0.1, 0.15) is 12.3 Å². The summed E-state index contributed by atoms with van der Waals surface area (Å²) in [6, 6.07) is 23.9. The lowest BCUT2D eigenvalue weighted by atomic mass is 10.1. The lowest BCUT2D eigenvalue weighted by Crippen LogP contribution is -2.14. The highest BCUT2D eigenvalue weighted by atomic mass is 35.5. The van der Waals surface area contributed by atoms with Crippen LogP contribution in [0.2, 0.25) is 10.0 Å². The highest BCUT2D eigenvalue weighted by Crippen LogP contribution is 2.39. The molecule has 0 unspecified atom stereocenters. The van der Waals surface area contributed by atoms with Crippen molar-refractivity contribution >= 4 is 35.1 Å². The van der Waals surface area contributed by atoms with E-state index in [-0.39, 0.29) is 12.4 Å². The molecule has 0 spiro atoms. The zero-order valence-electron chi connectivity index (χ0n) is 17.1. The van der Waals surface area contributed by atoms with Crippen LogP contribution >= 0.6 is 23.2 Å². The number of carbonyl (C=O) groups excluding carboxylic acids is 1. The van der Waals surface area contributed by atoms with Crippen LogP contribution in [-0.2, 0) is 11.3 Å². The Kier molecular flexibility index (Phi) is 6.63. The predicted molar refractivity (Wildman–Crippen MR) is 126 cm³/mol. The number of nitrogens with one attached hydrogen (secondary N) is 1. The van der Waals surface area contributed by atoms with Crippen molar-refractivity contribution in [3.05, 3.63) is 94.5 Å². The van der Waals surface area contributed by atoms with Crippen LogP contribution in [0.4, 0.5) is 10.6 Å². The van der Waals surface area contributed by atoms with Crippen molar-refractivity contribution in [2.24, 2.45) is 0 Å². The molecule has 4 rings (SSSR count). The second-order valence-corrected chi connectivity index (χ2v) is 7.63. The number of hydrogen-bond donors (Lipinski definition) is 1. The zero-order valence-corrected chi connectivity index (χ0v) is 18.6. The first-order valence-electron chi connectivity index (χ1n) is 9.72. The van der Waals surface area contributed by atoms with E-state index in [9.17, 15) is 4.79 Å². The molecular formula is C24H19Cl2N3O3. The third-order valence-corrected chi connectivity index (χ3v) is 5.25. The average molecular weight is 468 g/mol. The predicted octanol–water partition coefficient (Wildman–Crippen LogP) is 6.60. The summed E-state index contributed by atoms with van der Waals surface area (Å²) in [5.74, 6) is 0.569. The molecule has 0 aliphatic carbocycles. The van der Waals surface area contributed by atoms with E-state index >= 15 is 0 Å². The van der Waals surface area contributed by atoms with E-state index in [1.165, 1.54) is 7.11 Å². The number of nitrogens with zero attached hydrogens (tertiary/aromatic N) is 2. The van der Waals surface area contributed by atoms with Gasteiger partial charge in [-0.15, -0.1) is 5.10 Å². The first-order chi connectivity index (χ1) is 15.6. The molecule has 0 atom stereocenters. The topological polar surface area (TPSA) is 65.4 Å². The van der Waals surface area contributed by atoms with Gasteiger partial charge in [-0.3, -0.25) is 5.32 Å². The Morgan fingerprint density at radius 1 is 0.969 bits per heavy atom. The van der Waals surface area contributed by atoms with Crippen LogP contribution in [-0.4, -0.2) is 23.0 Å². The molecule has 0 bridgehead atoms. The Bertz CT molecular complexity index is 1230. The van der Waals surface area contributed by atoms with Crippen molar-refractivity contribution in [3.8, 4) is 22.7 Å². The molecule has 1 N–H and O–H groups in total. The number of hydrogen-bond acceptors (Lipinski definition) is 4. The lowest BCUT2D eigenvalue weighted by molar-refractivity contribution is 0.155. The number of para-hydroxylation sites is 1. The largest absolute Gasteiger partial charge is 0.491 e. The van der Waals surface area contributed by atoms with Gasteiger partial charge in [0.15, 0.2) is 5.75 Å². The summed E-state index contributed by atoms with van der Waals surface area (Å²) >= 11 is 12.5. The van der Waals surface area contributed by atoms with Crippen molar-refractivity contribution in [1.82, 2.24) is 9.78 Å². The minimum atomic E-state index is -0.654. The minimum absolute atomic E-state index is 0.129. The number of anilines is 1. The molecule has 3 aromatic carbocycles. The molecule has 1 aromatic heterocycles. The van der Waals surface area contributed by atoms with E-state index in [1.807, 2.05) is 60.7 Å². The van der Waals surface area contributed by atoms with Gasteiger partial charge in [-0.1, -0.05) is 77.8 Å². The second kappa shape index (κ2) is 9.77. The molecule has 0 aliphatic heterocycles. The fourth-order valence-corrected chi connectivity index (χ4v) is 3.54. The fraction of sp³-hybridized carbons (Fsp3) is 0.0833. The number of aromatic nitrogens is 2. The molecule has 8 heteroatoms. The van der Waals surface area contributed by atoms with Crippen LogP contribution in [0.3, 0.4) is 0 Å². The summed E-state index contributed by atoms with van der Waals surface area (Å²) in [5, 5.41) is 8.33. The number of rotatable bonds is 6. The van der Waals surface area contributed by atoms with Crippen LogP contribution < -0.4 is 10.1 Å².